The van der Waals surface area contributed by atoms with Crippen LogP contribution in [-0.4, -0.2) is 97.4 Å². The number of nitrogens with zero attached hydrogens (tertiary/aromatic N) is 3. The van der Waals surface area contributed by atoms with Crippen molar-refractivity contribution in [2.24, 2.45) is 22.2 Å². The van der Waals surface area contributed by atoms with Gasteiger partial charge in [0, 0.05) is 43.2 Å². The van der Waals surface area contributed by atoms with Crippen molar-refractivity contribution in [1.29, 1.82) is 0 Å². The molecule has 0 radical (unpaired) electrons. The SMILES string of the molecule is CSCCC(NC(=O)C(N)Cc1cnc[nH]1)C(=O)NC(Cc1cnc[nH]1)C(=O)NC(CCCN=C(N)N)C(=O)O. The zero-order valence-corrected chi connectivity index (χ0v) is 22.9. The Balaban J connectivity index is 2.12. The molecule has 40 heavy (non-hydrogen) atoms. The lowest BCUT2D eigenvalue weighted by Gasteiger charge is -2.25. The number of guanidine groups is 1. The number of hydrogen-bond donors (Lipinski definition) is 9. The molecule has 2 rings (SSSR count). The van der Waals surface area contributed by atoms with Crippen molar-refractivity contribution in [1.82, 2.24) is 35.9 Å². The summed E-state index contributed by atoms with van der Waals surface area (Å²) in [6.07, 6.45) is 8.60. The van der Waals surface area contributed by atoms with Crippen LogP contribution in [0.4, 0.5) is 0 Å². The quantitative estimate of drug-likeness (QED) is 0.0509. The molecule has 0 aliphatic carbocycles. The fourth-order valence-corrected chi connectivity index (χ4v) is 4.11. The van der Waals surface area contributed by atoms with Gasteiger partial charge >= 0.3 is 5.97 Å². The predicted molar refractivity (Wildman–Crippen MR) is 149 cm³/mol. The number of carbonyl (C=O) groups excluding carboxylic acids is 3. The maximum Gasteiger partial charge on any atom is 0.326 e. The number of thioether (sulfide) groups is 1. The molecule has 0 aromatic carbocycles. The van der Waals surface area contributed by atoms with Crippen molar-refractivity contribution in [3.8, 4) is 0 Å². The van der Waals surface area contributed by atoms with Crippen LogP contribution < -0.4 is 33.2 Å². The molecule has 0 spiro atoms. The van der Waals surface area contributed by atoms with Gasteiger partial charge in [-0.1, -0.05) is 0 Å². The minimum atomic E-state index is -1.25. The summed E-state index contributed by atoms with van der Waals surface area (Å²) in [5.41, 5.74) is 17.8. The van der Waals surface area contributed by atoms with Crippen LogP contribution in [0.1, 0.15) is 30.7 Å². The first-order valence-corrected chi connectivity index (χ1v) is 13.9. The third-order valence-electron chi connectivity index (χ3n) is 5.75. The van der Waals surface area contributed by atoms with Crippen molar-refractivity contribution in [2.45, 2.75) is 56.3 Å². The van der Waals surface area contributed by atoms with E-state index < -0.39 is 47.9 Å². The molecule has 2 heterocycles. The summed E-state index contributed by atoms with van der Waals surface area (Å²) in [6, 6.07) is -4.33. The van der Waals surface area contributed by atoms with E-state index in [-0.39, 0.29) is 38.2 Å². The second-order valence-corrected chi connectivity index (χ2v) is 9.91. The highest BCUT2D eigenvalue weighted by molar-refractivity contribution is 7.98. The van der Waals surface area contributed by atoms with Crippen LogP contribution in [0.2, 0.25) is 0 Å². The van der Waals surface area contributed by atoms with E-state index in [9.17, 15) is 24.3 Å². The molecule has 0 aliphatic rings. The zero-order valence-electron chi connectivity index (χ0n) is 22.1. The van der Waals surface area contributed by atoms with Crippen LogP contribution in [0.3, 0.4) is 0 Å². The number of carbonyl (C=O) groups is 4. The number of aliphatic imine (C=N–C) groups is 1. The van der Waals surface area contributed by atoms with E-state index in [1.807, 2.05) is 6.26 Å². The van der Waals surface area contributed by atoms with Gasteiger partial charge in [0.15, 0.2) is 5.96 Å². The fraction of sp³-hybridized carbons (Fsp3) is 0.522. The molecule has 12 N–H and O–H groups in total. The van der Waals surface area contributed by atoms with E-state index in [2.05, 4.69) is 40.9 Å². The first kappa shape index (κ1) is 32.1. The molecule has 16 nitrogen and oxygen atoms in total. The summed E-state index contributed by atoms with van der Waals surface area (Å²) in [5, 5.41) is 17.4. The average Bonchev–Trinajstić information content (AvgIpc) is 3.61. The number of nitrogens with two attached hydrogens (primary N) is 3. The molecule has 4 atom stereocenters. The van der Waals surface area contributed by atoms with Crippen molar-refractivity contribution in [2.75, 3.05) is 18.6 Å². The Hall–Kier alpha value is -4.12. The maximum absolute atomic E-state index is 13.3. The highest BCUT2D eigenvalue weighted by atomic mass is 32.2. The Morgan fingerprint density at radius 3 is 2.05 bits per heavy atom. The first-order chi connectivity index (χ1) is 19.1. The van der Waals surface area contributed by atoms with Gasteiger partial charge in [-0.05, 0) is 31.3 Å². The number of H-pyrrole nitrogens is 2. The minimum absolute atomic E-state index is 0.000442. The lowest BCUT2D eigenvalue weighted by Crippen LogP contribution is -2.58. The number of carboxylic acids is 1. The highest BCUT2D eigenvalue weighted by Gasteiger charge is 2.30. The van der Waals surface area contributed by atoms with Gasteiger partial charge in [-0.15, -0.1) is 0 Å². The second-order valence-electron chi connectivity index (χ2n) is 8.92. The lowest BCUT2D eigenvalue weighted by atomic mass is 10.1. The van der Waals surface area contributed by atoms with E-state index in [4.69, 9.17) is 17.2 Å². The van der Waals surface area contributed by atoms with Gasteiger partial charge in [-0.3, -0.25) is 19.4 Å². The monoisotopic (exact) mass is 579 g/mol. The molecule has 0 fully saturated rings. The van der Waals surface area contributed by atoms with Crippen molar-refractivity contribution >= 4 is 41.4 Å². The van der Waals surface area contributed by atoms with Crippen molar-refractivity contribution < 1.29 is 24.3 Å². The standard InChI is InChI=1S/C23H37N11O5S/c1-40-6-4-16(32-19(35)15(24)7-13-9-27-11-30-13)20(36)34-18(8-14-10-28-12-31-14)21(37)33-17(22(38)39)3-2-5-29-23(25)26/h9-12,15-18H,2-8,24H2,1H3,(H,27,30)(H,28,31)(H,32,35)(H,33,37)(H,34,36)(H,38,39)(H4,25,26,29). The van der Waals surface area contributed by atoms with E-state index in [1.165, 1.54) is 30.6 Å². The topological polar surface area (TPSA) is 272 Å². The Bertz CT molecular complexity index is 1110. The molecule has 3 amide bonds. The summed E-state index contributed by atoms with van der Waals surface area (Å²) >= 11 is 1.48. The molecule has 2 aromatic heterocycles. The van der Waals surface area contributed by atoms with Gasteiger partial charge in [-0.25, -0.2) is 14.8 Å². The minimum Gasteiger partial charge on any atom is -0.480 e. The number of imidazole rings is 2. The van der Waals surface area contributed by atoms with Crippen LogP contribution in [0.5, 0.6) is 0 Å². The van der Waals surface area contributed by atoms with Crippen LogP contribution in [0, 0.1) is 0 Å². The molecule has 220 valence electrons. The molecule has 0 bridgehead atoms. The summed E-state index contributed by atoms with van der Waals surface area (Å²) in [4.78, 5) is 68.4. The predicted octanol–water partition coefficient (Wildman–Crippen LogP) is -2.41. The van der Waals surface area contributed by atoms with Crippen molar-refractivity contribution in [3.63, 3.8) is 0 Å². The Morgan fingerprint density at radius 1 is 0.925 bits per heavy atom. The number of nitrogens with one attached hydrogen (secondary N) is 5. The van der Waals surface area contributed by atoms with Gasteiger partial charge in [0.2, 0.25) is 17.7 Å². The maximum atomic E-state index is 13.3. The number of aliphatic carboxylic acids is 1. The zero-order chi connectivity index (χ0) is 29.5. The molecule has 17 heteroatoms. The van der Waals surface area contributed by atoms with E-state index >= 15 is 0 Å². The Morgan fingerprint density at radius 2 is 1.50 bits per heavy atom. The molecule has 2 aromatic rings. The Labute approximate surface area is 235 Å². The van der Waals surface area contributed by atoms with Gasteiger partial charge in [-0.2, -0.15) is 11.8 Å². The second kappa shape index (κ2) is 16.8. The van der Waals surface area contributed by atoms with E-state index in [0.29, 0.717) is 23.6 Å². The lowest BCUT2D eigenvalue weighted by molar-refractivity contribution is -0.142. The fourth-order valence-electron chi connectivity index (χ4n) is 3.64. The third kappa shape index (κ3) is 11.3. The highest BCUT2D eigenvalue weighted by Crippen LogP contribution is 2.07. The van der Waals surface area contributed by atoms with E-state index in [0.717, 1.165) is 0 Å². The van der Waals surface area contributed by atoms with Crippen LogP contribution >= 0.6 is 11.8 Å². The smallest absolute Gasteiger partial charge is 0.326 e. The van der Waals surface area contributed by atoms with Crippen LogP contribution in [0.15, 0.2) is 30.0 Å². The summed E-state index contributed by atoms with van der Waals surface area (Å²) < 4.78 is 0. The van der Waals surface area contributed by atoms with Gasteiger partial charge < -0.3 is 48.2 Å². The number of rotatable bonds is 18. The number of hydrogen-bond acceptors (Lipinski definition) is 9. The van der Waals surface area contributed by atoms with Crippen LogP contribution in [0.25, 0.3) is 0 Å². The number of amides is 3. The van der Waals surface area contributed by atoms with Gasteiger partial charge in [0.1, 0.15) is 18.1 Å². The average molecular weight is 580 g/mol. The largest absolute Gasteiger partial charge is 0.480 e. The van der Waals surface area contributed by atoms with Gasteiger partial charge in [0.05, 0.1) is 18.7 Å². The molecular weight excluding hydrogens is 542 g/mol. The Kier molecular flexibility index (Phi) is 13.4. The third-order valence-corrected chi connectivity index (χ3v) is 6.39. The van der Waals surface area contributed by atoms with E-state index in [1.54, 1.807) is 6.20 Å². The number of carboxylic acid groups (broad SMARTS) is 1. The molecular formula is C23H37N11O5S. The summed E-state index contributed by atoms with van der Waals surface area (Å²) in [6.45, 7) is 0.190. The summed E-state index contributed by atoms with van der Waals surface area (Å²) in [7, 11) is 0. The van der Waals surface area contributed by atoms with Gasteiger partial charge in [0.25, 0.3) is 0 Å². The summed E-state index contributed by atoms with van der Waals surface area (Å²) in [5.74, 6) is -2.71. The molecule has 0 saturated carbocycles. The number of aromatic amines is 2. The van der Waals surface area contributed by atoms with Crippen LogP contribution in [-0.2, 0) is 32.0 Å². The molecule has 0 aliphatic heterocycles. The van der Waals surface area contributed by atoms with Crippen molar-refractivity contribution in [3.05, 3.63) is 36.4 Å². The molecule has 4 unspecified atom stereocenters. The first-order valence-electron chi connectivity index (χ1n) is 12.5. The normalized spacial score (nSPS) is 13.8. The molecule has 0 saturated heterocycles. The number of aromatic nitrogens is 4.